The second-order valence-electron chi connectivity index (χ2n) is 4.87. The predicted molar refractivity (Wildman–Crippen MR) is 64.7 cm³/mol. The molecule has 1 aliphatic heterocycles. The lowest BCUT2D eigenvalue weighted by Gasteiger charge is -2.33. The lowest BCUT2D eigenvalue weighted by molar-refractivity contribution is -0.157. The SMILES string of the molecule is [2H]NC(=O)[C@H]1CC2(COCCO2)C[C@@H]1C(=O)N[B]C. The third kappa shape index (κ3) is 2.51. The summed E-state index contributed by atoms with van der Waals surface area (Å²) in [6.45, 7) is 3.12. The Labute approximate surface area is 108 Å². The molecule has 99 valence electrons. The quantitative estimate of drug-likeness (QED) is 0.636. The Morgan fingerprint density at radius 3 is 2.83 bits per heavy atom. The molecule has 1 heterocycles. The summed E-state index contributed by atoms with van der Waals surface area (Å²) in [5, 5.41) is 2.62. The second-order valence-corrected chi connectivity index (χ2v) is 4.87. The van der Waals surface area contributed by atoms with E-state index in [2.05, 4.69) is 5.23 Å². The highest BCUT2D eigenvalue weighted by Crippen LogP contribution is 2.43. The van der Waals surface area contributed by atoms with Crippen LogP contribution in [0.3, 0.4) is 0 Å². The fourth-order valence-corrected chi connectivity index (χ4v) is 2.82. The van der Waals surface area contributed by atoms with Crippen LogP contribution in [0.15, 0.2) is 0 Å². The average Bonchev–Trinajstić information content (AvgIpc) is 2.78. The fraction of sp³-hybridized carbons (Fsp3) is 0.818. The number of carbonyl (C=O) groups is 2. The minimum atomic E-state index is -0.564. The van der Waals surface area contributed by atoms with E-state index in [9.17, 15) is 9.59 Å². The lowest BCUT2D eigenvalue weighted by atomic mass is 9.91. The van der Waals surface area contributed by atoms with Crippen molar-refractivity contribution in [3.63, 3.8) is 0 Å². The molecule has 0 bridgehead atoms. The summed E-state index contributed by atoms with van der Waals surface area (Å²) in [4.78, 5) is 23.8. The van der Waals surface area contributed by atoms with Gasteiger partial charge in [0.15, 0.2) is 1.41 Å². The zero-order valence-corrected chi connectivity index (χ0v) is 10.4. The van der Waals surface area contributed by atoms with Crippen molar-refractivity contribution < 1.29 is 20.5 Å². The minimum absolute atomic E-state index is 0.206. The van der Waals surface area contributed by atoms with Gasteiger partial charge < -0.3 is 20.4 Å². The molecule has 2 aliphatic rings. The molecule has 1 radical (unpaired) electrons. The van der Waals surface area contributed by atoms with Crippen LogP contribution in [0, 0.1) is 11.8 Å². The van der Waals surface area contributed by atoms with Crippen LogP contribution in [-0.2, 0) is 19.1 Å². The van der Waals surface area contributed by atoms with Crippen molar-refractivity contribution in [2.75, 3.05) is 19.8 Å². The Balaban J connectivity index is 2.14. The molecule has 0 aromatic heterocycles. The molecule has 1 spiro atoms. The summed E-state index contributed by atoms with van der Waals surface area (Å²) in [6.07, 6.45) is 0.865. The third-order valence-corrected chi connectivity index (χ3v) is 3.63. The molecule has 2 rings (SSSR count). The minimum Gasteiger partial charge on any atom is -0.403 e. The van der Waals surface area contributed by atoms with Crippen LogP contribution in [0.2, 0.25) is 8.23 Å². The molecule has 1 unspecified atom stereocenters. The van der Waals surface area contributed by atoms with Crippen molar-refractivity contribution in [3.8, 4) is 0 Å². The first-order chi connectivity index (χ1) is 9.12. The van der Waals surface area contributed by atoms with Gasteiger partial charge in [-0.1, -0.05) is 6.82 Å². The number of nitrogens with one attached hydrogen (secondary N) is 1. The Hall–Kier alpha value is -1.08. The van der Waals surface area contributed by atoms with Crippen molar-refractivity contribution in [1.29, 1.82) is 0 Å². The van der Waals surface area contributed by atoms with E-state index in [4.69, 9.17) is 10.9 Å². The van der Waals surface area contributed by atoms with Gasteiger partial charge in [-0.05, 0) is 12.8 Å². The maximum absolute atomic E-state index is 12.0. The summed E-state index contributed by atoms with van der Waals surface area (Å²) < 4.78 is 18.2. The Kier molecular flexibility index (Phi) is 3.51. The normalized spacial score (nSPS) is 35.9. The van der Waals surface area contributed by atoms with Gasteiger partial charge in [-0.15, -0.1) is 0 Å². The fourth-order valence-electron chi connectivity index (χ4n) is 2.82. The molecule has 7 heteroatoms. The van der Waals surface area contributed by atoms with Crippen molar-refractivity contribution in [2.45, 2.75) is 25.3 Å². The number of hydrogen-bond acceptors (Lipinski definition) is 4. The van der Waals surface area contributed by atoms with Gasteiger partial charge in [-0.3, -0.25) is 9.59 Å². The summed E-state index contributed by atoms with van der Waals surface area (Å²) in [6, 6.07) is 0. The van der Waals surface area contributed by atoms with Crippen LogP contribution >= 0.6 is 0 Å². The van der Waals surface area contributed by atoms with Crippen molar-refractivity contribution >= 4 is 19.2 Å². The number of ether oxygens (including phenoxy) is 2. The first kappa shape index (κ1) is 12.0. The molecular formula is C11H18BN2O4. The van der Waals surface area contributed by atoms with E-state index in [0.717, 1.165) is 0 Å². The van der Waals surface area contributed by atoms with Crippen molar-refractivity contribution in [2.24, 2.45) is 17.6 Å². The van der Waals surface area contributed by atoms with Gasteiger partial charge in [0.05, 0.1) is 37.3 Å². The van der Waals surface area contributed by atoms with E-state index in [1.807, 2.05) is 5.73 Å². The molecule has 1 saturated carbocycles. The zero-order valence-electron chi connectivity index (χ0n) is 11.4. The molecule has 3 atom stereocenters. The Morgan fingerprint density at radius 1 is 1.44 bits per heavy atom. The molecule has 6 nitrogen and oxygen atoms in total. The zero-order chi connectivity index (χ0) is 13.9. The molecule has 2 fully saturated rings. The number of nitrogens with two attached hydrogens (primary N) is 1. The highest BCUT2D eigenvalue weighted by atomic mass is 16.6. The highest BCUT2D eigenvalue weighted by molar-refractivity contribution is 6.35. The largest absolute Gasteiger partial charge is 0.403 e. The van der Waals surface area contributed by atoms with Crippen LogP contribution in [-0.4, -0.2) is 44.7 Å². The summed E-state index contributed by atoms with van der Waals surface area (Å²) in [5.74, 6) is -1.67. The van der Waals surface area contributed by atoms with Gasteiger partial charge in [-0.2, -0.15) is 0 Å². The molecule has 0 aromatic carbocycles. The van der Waals surface area contributed by atoms with Crippen LogP contribution in [0.5, 0.6) is 0 Å². The number of hydrogen-bond donors (Lipinski definition) is 2. The molecule has 3 N–H and O–H groups in total. The summed E-state index contributed by atoms with van der Waals surface area (Å²) in [7, 11) is 1.54. The summed E-state index contributed by atoms with van der Waals surface area (Å²) in [5.41, 5.74) is 1.32. The van der Waals surface area contributed by atoms with E-state index in [0.29, 0.717) is 32.7 Å². The monoisotopic (exact) mass is 254 g/mol. The van der Waals surface area contributed by atoms with Crippen molar-refractivity contribution in [1.82, 2.24) is 5.23 Å². The molecule has 18 heavy (non-hydrogen) atoms. The predicted octanol–water partition coefficient (Wildman–Crippen LogP) is -0.933. The molecule has 1 saturated heterocycles. The first-order valence-electron chi connectivity index (χ1n) is 6.63. The van der Waals surface area contributed by atoms with Gasteiger partial charge in [-0.25, -0.2) is 0 Å². The maximum atomic E-state index is 12.0. The molecular weight excluding hydrogens is 235 g/mol. The van der Waals surface area contributed by atoms with E-state index in [-0.39, 0.29) is 5.91 Å². The smallest absolute Gasteiger partial charge is 0.242 e. The van der Waals surface area contributed by atoms with Crippen LogP contribution in [0.4, 0.5) is 0 Å². The lowest BCUT2D eigenvalue weighted by Crippen LogP contribution is -2.42. The van der Waals surface area contributed by atoms with Gasteiger partial charge in [0.2, 0.25) is 19.2 Å². The molecule has 2 amide bonds. The van der Waals surface area contributed by atoms with Crippen molar-refractivity contribution in [3.05, 3.63) is 0 Å². The number of amides is 2. The van der Waals surface area contributed by atoms with Gasteiger partial charge in [0, 0.05) is 0 Å². The average molecular weight is 254 g/mol. The number of rotatable bonds is 3. The van der Waals surface area contributed by atoms with E-state index < -0.39 is 23.3 Å². The topological polar surface area (TPSA) is 90.7 Å². The first-order valence-corrected chi connectivity index (χ1v) is 6.13. The van der Waals surface area contributed by atoms with Gasteiger partial charge >= 0.3 is 0 Å². The Bertz CT molecular complexity index is 363. The summed E-state index contributed by atoms with van der Waals surface area (Å²) >= 11 is 0. The Morgan fingerprint density at radius 2 is 2.22 bits per heavy atom. The van der Waals surface area contributed by atoms with E-state index in [1.54, 1.807) is 14.2 Å². The molecule has 0 aromatic rings. The highest BCUT2D eigenvalue weighted by Gasteiger charge is 2.52. The number of primary amides is 1. The van der Waals surface area contributed by atoms with Crippen LogP contribution in [0.1, 0.15) is 12.8 Å². The van der Waals surface area contributed by atoms with Gasteiger partial charge in [0.1, 0.15) is 0 Å². The van der Waals surface area contributed by atoms with E-state index >= 15 is 0 Å². The maximum Gasteiger partial charge on any atom is 0.242 e. The van der Waals surface area contributed by atoms with Crippen LogP contribution in [0.25, 0.3) is 0 Å². The number of carbonyl (C=O) groups excluding carboxylic acids is 2. The molecule has 1 aliphatic carbocycles. The van der Waals surface area contributed by atoms with Crippen LogP contribution < -0.4 is 11.0 Å². The van der Waals surface area contributed by atoms with Gasteiger partial charge in [0.25, 0.3) is 0 Å². The standard InChI is InChI=1S/C11H18BN2O4/c1-12-14-10(16)8-5-11(4-7(8)9(13)15)6-17-2-3-18-11/h7-8H,2-6H2,1H3,(H2,13,15)(H,14,16)/t7-,8-,11?/m0/s1/i/hD. The van der Waals surface area contributed by atoms with E-state index in [1.165, 1.54) is 0 Å². The second kappa shape index (κ2) is 5.28. The third-order valence-electron chi connectivity index (χ3n) is 3.63.